The van der Waals surface area contributed by atoms with E-state index in [-0.39, 0.29) is 17.7 Å². The van der Waals surface area contributed by atoms with Crippen molar-refractivity contribution in [3.8, 4) is 5.75 Å². The molecule has 0 unspecified atom stereocenters. The van der Waals surface area contributed by atoms with Gasteiger partial charge in [-0.25, -0.2) is 0 Å². The molecule has 1 aliphatic heterocycles. The fourth-order valence-electron chi connectivity index (χ4n) is 2.83. The Morgan fingerprint density at radius 1 is 1.19 bits per heavy atom. The highest BCUT2D eigenvalue weighted by Crippen LogP contribution is 2.32. The molecule has 0 bridgehead atoms. The van der Waals surface area contributed by atoms with Gasteiger partial charge in [0.1, 0.15) is 5.75 Å². The van der Waals surface area contributed by atoms with E-state index in [0.717, 1.165) is 31.6 Å². The Balaban J connectivity index is 2.21. The van der Waals surface area contributed by atoms with Gasteiger partial charge in [0.2, 0.25) is 0 Å². The number of benzene rings is 1. The van der Waals surface area contributed by atoms with Crippen LogP contribution in [0.15, 0.2) is 18.2 Å². The van der Waals surface area contributed by atoms with Crippen LogP contribution in [0.5, 0.6) is 5.75 Å². The van der Waals surface area contributed by atoms with Crippen LogP contribution in [-0.4, -0.2) is 39.1 Å². The summed E-state index contributed by atoms with van der Waals surface area (Å²) in [7, 11) is 2.99. The summed E-state index contributed by atoms with van der Waals surface area (Å²) in [5, 5.41) is 0. The van der Waals surface area contributed by atoms with Gasteiger partial charge in [-0.15, -0.1) is 0 Å². The number of anilines is 1. The Hall–Kier alpha value is -2.04. The van der Waals surface area contributed by atoms with E-state index in [4.69, 9.17) is 9.47 Å². The summed E-state index contributed by atoms with van der Waals surface area (Å²) in [5.41, 5.74) is 1.49. The maximum atomic E-state index is 11.9. The van der Waals surface area contributed by atoms with Gasteiger partial charge in [-0.05, 0) is 31.9 Å². The maximum absolute atomic E-state index is 11.9. The number of Topliss-reactive ketones (excluding diaryl/α,β-unsaturated/α-hetero) is 1. The Morgan fingerprint density at radius 2 is 1.86 bits per heavy atom. The van der Waals surface area contributed by atoms with E-state index in [1.165, 1.54) is 7.11 Å². The fraction of sp³-hybridized carbons (Fsp3) is 0.500. The summed E-state index contributed by atoms with van der Waals surface area (Å²) in [6.07, 6.45) is 1.47. The maximum Gasteiger partial charge on any atom is 0.308 e. The largest absolute Gasteiger partial charge is 0.496 e. The summed E-state index contributed by atoms with van der Waals surface area (Å²) in [6.45, 7) is 3.00. The molecule has 0 saturated carbocycles. The third-order valence-corrected chi connectivity index (χ3v) is 3.95. The summed E-state index contributed by atoms with van der Waals surface area (Å²) in [4.78, 5) is 25.6. The zero-order valence-electron chi connectivity index (χ0n) is 12.7. The van der Waals surface area contributed by atoms with Gasteiger partial charge in [-0.2, -0.15) is 0 Å². The third-order valence-electron chi connectivity index (χ3n) is 3.95. The van der Waals surface area contributed by atoms with E-state index in [2.05, 4.69) is 4.90 Å². The average Bonchev–Trinajstić information content (AvgIpc) is 2.53. The molecule has 5 heteroatoms. The second-order valence-corrected chi connectivity index (χ2v) is 5.20. The quantitative estimate of drug-likeness (QED) is 0.629. The summed E-state index contributed by atoms with van der Waals surface area (Å²) >= 11 is 0. The molecule has 0 spiro atoms. The lowest BCUT2D eigenvalue weighted by atomic mass is 9.95. The molecule has 1 saturated heterocycles. The molecule has 0 atom stereocenters. The molecule has 0 aromatic heterocycles. The molecule has 0 aliphatic carbocycles. The summed E-state index contributed by atoms with van der Waals surface area (Å²) < 4.78 is 10.1. The zero-order chi connectivity index (χ0) is 15.4. The average molecular weight is 291 g/mol. The molecule has 5 nitrogen and oxygen atoms in total. The minimum absolute atomic E-state index is 0.0162. The molecule has 1 fully saturated rings. The van der Waals surface area contributed by atoms with E-state index in [0.29, 0.717) is 11.3 Å². The van der Waals surface area contributed by atoms with Gasteiger partial charge in [0.15, 0.2) is 5.78 Å². The minimum atomic E-state index is -0.146. The van der Waals surface area contributed by atoms with Crippen molar-refractivity contribution in [1.29, 1.82) is 0 Å². The lowest BCUT2D eigenvalue weighted by Crippen LogP contribution is -2.37. The van der Waals surface area contributed by atoms with Crippen molar-refractivity contribution >= 4 is 17.4 Å². The van der Waals surface area contributed by atoms with Crippen LogP contribution in [-0.2, 0) is 9.53 Å². The number of ketones is 1. The van der Waals surface area contributed by atoms with Crippen LogP contribution in [0, 0.1) is 5.92 Å². The number of piperidine rings is 1. The van der Waals surface area contributed by atoms with E-state index >= 15 is 0 Å². The second-order valence-electron chi connectivity index (χ2n) is 5.20. The van der Waals surface area contributed by atoms with Crippen LogP contribution < -0.4 is 9.64 Å². The minimum Gasteiger partial charge on any atom is -0.496 e. The molecule has 0 amide bonds. The zero-order valence-corrected chi connectivity index (χ0v) is 12.7. The summed E-state index contributed by atoms with van der Waals surface area (Å²) in [5.74, 6) is 0.386. The van der Waals surface area contributed by atoms with Crippen molar-refractivity contribution in [1.82, 2.24) is 0 Å². The molecule has 1 aromatic carbocycles. The molecule has 2 rings (SSSR count). The lowest BCUT2D eigenvalue weighted by Gasteiger charge is -2.33. The van der Waals surface area contributed by atoms with Gasteiger partial charge in [-0.3, -0.25) is 9.59 Å². The van der Waals surface area contributed by atoms with Crippen LogP contribution in [0.1, 0.15) is 30.1 Å². The number of carbonyl (C=O) groups is 2. The van der Waals surface area contributed by atoms with Gasteiger partial charge in [0, 0.05) is 13.1 Å². The van der Waals surface area contributed by atoms with Crippen LogP contribution in [0.25, 0.3) is 0 Å². The predicted octanol–water partition coefficient (Wildman–Crippen LogP) is 2.29. The second kappa shape index (κ2) is 6.61. The number of carbonyl (C=O) groups excluding carboxylic acids is 2. The number of ether oxygens (including phenoxy) is 2. The Kier molecular flexibility index (Phi) is 4.83. The van der Waals surface area contributed by atoms with E-state index in [1.54, 1.807) is 20.1 Å². The van der Waals surface area contributed by atoms with E-state index in [9.17, 15) is 9.59 Å². The van der Waals surface area contributed by atoms with Crippen LogP contribution >= 0.6 is 0 Å². The first-order valence-corrected chi connectivity index (χ1v) is 7.09. The number of nitrogens with zero attached hydrogens (tertiary/aromatic N) is 1. The first-order valence-electron chi connectivity index (χ1n) is 7.09. The fourth-order valence-corrected chi connectivity index (χ4v) is 2.83. The topological polar surface area (TPSA) is 55.8 Å². The highest BCUT2D eigenvalue weighted by atomic mass is 16.5. The first kappa shape index (κ1) is 15.4. The van der Waals surface area contributed by atoms with Gasteiger partial charge in [-0.1, -0.05) is 6.07 Å². The highest BCUT2D eigenvalue weighted by Gasteiger charge is 2.27. The Labute approximate surface area is 124 Å². The normalized spacial score (nSPS) is 15.7. The molecule has 1 heterocycles. The van der Waals surface area contributed by atoms with E-state index < -0.39 is 0 Å². The number of rotatable bonds is 4. The standard InChI is InChI=1S/C16H21NO4/c1-11(18)15-13(5-4-6-14(15)20-2)17-9-7-12(8-10-17)16(19)21-3/h4-6,12H,7-10H2,1-3H3. The van der Waals surface area contributed by atoms with Crippen molar-refractivity contribution in [2.45, 2.75) is 19.8 Å². The number of methoxy groups -OCH3 is 2. The van der Waals surface area contributed by atoms with Gasteiger partial charge in [0.05, 0.1) is 31.4 Å². The van der Waals surface area contributed by atoms with Gasteiger partial charge >= 0.3 is 5.97 Å². The van der Waals surface area contributed by atoms with Crippen molar-refractivity contribution in [3.05, 3.63) is 23.8 Å². The van der Waals surface area contributed by atoms with Crippen molar-refractivity contribution in [2.75, 3.05) is 32.2 Å². The van der Waals surface area contributed by atoms with Crippen molar-refractivity contribution in [2.24, 2.45) is 5.92 Å². The van der Waals surface area contributed by atoms with Gasteiger partial charge < -0.3 is 14.4 Å². The number of hydrogen-bond donors (Lipinski definition) is 0. The monoisotopic (exact) mass is 291 g/mol. The molecule has 0 N–H and O–H groups in total. The Morgan fingerprint density at radius 3 is 2.38 bits per heavy atom. The number of esters is 1. The highest BCUT2D eigenvalue weighted by molar-refractivity contribution is 6.02. The Bertz CT molecular complexity index is 533. The van der Waals surface area contributed by atoms with Gasteiger partial charge in [0.25, 0.3) is 0 Å². The molecular formula is C16H21NO4. The van der Waals surface area contributed by atoms with Crippen molar-refractivity contribution < 1.29 is 19.1 Å². The first-order chi connectivity index (χ1) is 10.1. The molecule has 0 radical (unpaired) electrons. The predicted molar refractivity (Wildman–Crippen MR) is 80.0 cm³/mol. The lowest BCUT2D eigenvalue weighted by molar-refractivity contribution is -0.146. The van der Waals surface area contributed by atoms with Crippen LogP contribution in [0.2, 0.25) is 0 Å². The van der Waals surface area contributed by atoms with E-state index in [1.807, 2.05) is 12.1 Å². The molecule has 1 aliphatic rings. The molecular weight excluding hydrogens is 270 g/mol. The summed E-state index contributed by atoms with van der Waals surface area (Å²) in [6, 6.07) is 5.60. The smallest absolute Gasteiger partial charge is 0.308 e. The number of hydrogen-bond acceptors (Lipinski definition) is 5. The van der Waals surface area contributed by atoms with Crippen LogP contribution in [0.3, 0.4) is 0 Å². The molecule has 114 valence electrons. The third kappa shape index (κ3) is 3.17. The molecule has 21 heavy (non-hydrogen) atoms. The SMILES string of the molecule is COC(=O)C1CCN(c2cccc(OC)c2C(C)=O)CC1. The van der Waals surface area contributed by atoms with Crippen molar-refractivity contribution in [3.63, 3.8) is 0 Å². The molecule has 1 aromatic rings. The van der Waals surface area contributed by atoms with Crippen LogP contribution in [0.4, 0.5) is 5.69 Å².